The molecule has 5 atom stereocenters. The van der Waals surface area contributed by atoms with E-state index >= 15 is 0 Å². The number of esters is 4. The summed E-state index contributed by atoms with van der Waals surface area (Å²) in [6, 6.07) is 0. The Morgan fingerprint density at radius 1 is 0.290 bits per heavy atom. The van der Waals surface area contributed by atoms with Gasteiger partial charge in [0, 0.05) is 25.7 Å². The fourth-order valence-electron chi connectivity index (χ4n) is 11.2. The fraction of sp³-hybridized carbons (Fsp3) is 0.946. The first-order valence-corrected chi connectivity index (χ1v) is 41.3. The monoisotopic (exact) mass is 1370 g/mol. The van der Waals surface area contributed by atoms with Crippen LogP contribution < -0.4 is 0 Å². The largest absolute Gasteiger partial charge is 0.472 e. The van der Waals surface area contributed by atoms with E-state index in [4.69, 9.17) is 37.0 Å². The Bertz CT molecular complexity index is 1820. The number of phosphoric acid groups is 2. The maximum atomic E-state index is 13.1. The van der Waals surface area contributed by atoms with Crippen molar-refractivity contribution in [3.63, 3.8) is 0 Å². The van der Waals surface area contributed by atoms with E-state index in [2.05, 4.69) is 48.5 Å². The average molecular weight is 1370 g/mol. The van der Waals surface area contributed by atoms with Gasteiger partial charge in [0.05, 0.1) is 26.4 Å². The maximum Gasteiger partial charge on any atom is 0.472 e. The normalized spacial score (nSPS) is 14.1. The highest BCUT2D eigenvalue weighted by Crippen LogP contribution is 2.45. The number of hydrogen-bond donors (Lipinski definition) is 3. The van der Waals surface area contributed by atoms with Crippen LogP contribution >= 0.6 is 15.6 Å². The van der Waals surface area contributed by atoms with Gasteiger partial charge in [0.1, 0.15) is 19.3 Å². The molecule has 3 N–H and O–H groups in total. The highest BCUT2D eigenvalue weighted by Gasteiger charge is 2.30. The van der Waals surface area contributed by atoms with Crippen molar-refractivity contribution < 1.29 is 80.2 Å². The second kappa shape index (κ2) is 64.7. The molecule has 0 rings (SSSR count). The number of carbonyl (C=O) groups is 4. The first kappa shape index (κ1) is 91.1. The minimum absolute atomic E-state index is 0.105. The molecule has 19 heteroatoms. The van der Waals surface area contributed by atoms with Gasteiger partial charge in [-0.3, -0.25) is 37.3 Å². The van der Waals surface area contributed by atoms with Gasteiger partial charge in [-0.2, -0.15) is 0 Å². The smallest absolute Gasteiger partial charge is 0.462 e. The Hall–Kier alpha value is -1.94. The average Bonchev–Trinajstić information content (AvgIpc) is 3.18. The van der Waals surface area contributed by atoms with Gasteiger partial charge in [-0.15, -0.1) is 0 Å². The number of hydrogen-bond acceptors (Lipinski definition) is 15. The number of phosphoric ester groups is 2. The van der Waals surface area contributed by atoms with Crippen LogP contribution in [0.2, 0.25) is 0 Å². The predicted molar refractivity (Wildman–Crippen MR) is 377 cm³/mol. The van der Waals surface area contributed by atoms with Crippen molar-refractivity contribution in [3.8, 4) is 0 Å². The third kappa shape index (κ3) is 68.4. The summed E-state index contributed by atoms with van der Waals surface area (Å²) in [7, 11) is -9.91. The zero-order chi connectivity index (χ0) is 68.7. The molecule has 0 radical (unpaired) electrons. The SMILES string of the molecule is CCCCCCCCCCCCCCCCCC(=O)O[C@H](COC(=O)CCCCCCCCCCCCCC(C)C)COP(=O)(O)OC[C@@H](O)COP(=O)(O)OC[C@@H](COC(=O)CCCCCCCCCCCC(C)C)OC(=O)CCCCCCCCCCCC(C)C. The van der Waals surface area contributed by atoms with Crippen molar-refractivity contribution in [1.29, 1.82) is 0 Å². The summed E-state index contributed by atoms with van der Waals surface area (Å²) >= 11 is 0. The molecule has 0 spiro atoms. The lowest BCUT2D eigenvalue weighted by Gasteiger charge is -2.21. The molecule has 0 aliphatic rings. The Morgan fingerprint density at radius 3 is 0.731 bits per heavy atom. The highest BCUT2D eigenvalue weighted by atomic mass is 31.2. The van der Waals surface area contributed by atoms with Gasteiger partial charge in [-0.05, 0) is 43.4 Å². The topological polar surface area (TPSA) is 237 Å². The molecular formula is C74H144O17P2. The molecule has 2 unspecified atom stereocenters. The number of aliphatic hydroxyl groups excluding tert-OH is 1. The molecule has 0 saturated heterocycles. The number of ether oxygens (including phenoxy) is 4. The molecule has 0 saturated carbocycles. The quantitative estimate of drug-likeness (QED) is 0.0222. The van der Waals surface area contributed by atoms with Gasteiger partial charge >= 0.3 is 39.5 Å². The van der Waals surface area contributed by atoms with Crippen molar-refractivity contribution in [2.75, 3.05) is 39.6 Å². The summed E-state index contributed by atoms with van der Waals surface area (Å²) in [5.74, 6) is 0.132. The number of carbonyl (C=O) groups excluding carboxylic acids is 4. The lowest BCUT2D eigenvalue weighted by atomic mass is 10.0. The van der Waals surface area contributed by atoms with Crippen molar-refractivity contribution in [2.24, 2.45) is 17.8 Å². The summed E-state index contributed by atoms with van der Waals surface area (Å²) in [4.78, 5) is 72.8. The predicted octanol–water partition coefficient (Wildman–Crippen LogP) is 21.4. The van der Waals surface area contributed by atoms with Crippen LogP contribution in [-0.4, -0.2) is 96.7 Å². The molecular weight excluding hydrogens is 1220 g/mol. The molecule has 0 fully saturated rings. The molecule has 93 heavy (non-hydrogen) atoms. The summed E-state index contributed by atoms with van der Waals surface area (Å²) < 4.78 is 68.5. The van der Waals surface area contributed by atoms with Gasteiger partial charge in [0.15, 0.2) is 12.2 Å². The number of aliphatic hydroxyl groups is 1. The Morgan fingerprint density at radius 2 is 0.495 bits per heavy atom. The molecule has 0 aromatic carbocycles. The third-order valence-corrected chi connectivity index (χ3v) is 19.0. The van der Waals surface area contributed by atoms with E-state index in [0.29, 0.717) is 25.7 Å². The van der Waals surface area contributed by atoms with Gasteiger partial charge in [0.25, 0.3) is 0 Å². The van der Waals surface area contributed by atoms with Crippen molar-refractivity contribution in [1.82, 2.24) is 0 Å². The summed E-state index contributed by atoms with van der Waals surface area (Å²) in [6.45, 7) is 11.9. The van der Waals surface area contributed by atoms with Crippen LogP contribution in [-0.2, 0) is 65.4 Å². The second-order valence-corrected chi connectivity index (χ2v) is 31.0. The lowest BCUT2D eigenvalue weighted by molar-refractivity contribution is -0.161. The Labute approximate surface area is 568 Å². The van der Waals surface area contributed by atoms with E-state index in [1.165, 1.54) is 186 Å². The molecule has 0 bridgehead atoms. The van der Waals surface area contributed by atoms with Crippen LogP contribution in [0.25, 0.3) is 0 Å². The van der Waals surface area contributed by atoms with Gasteiger partial charge in [0.2, 0.25) is 0 Å². The van der Waals surface area contributed by atoms with Crippen molar-refractivity contribution in [2.45, 2.75) is 394 Å². The molecule has 17 nitrogen and oxygen atoms in total. The van der Waals surface area contributed by atoms with Crippen molar-refractivity contribution in [3.05, 3.63) is 0 Å². The third-order valence-electron chi connectivity index (χ3n) is 17.1. The first-order valence-electron chi connectivity index (χ1n) is 38.3. The van der Waals surface area contributed by atoms with E-state index in [-0.39, 0.29) is 25.7 Å². The van der Waals surface area contributed by atoms with Gasteiger partial charge < -0.3 is 33.8 Å². The Balaban J connectivity index is 5.27. The standard InChI is InChI=1S/C74H144O17P2/c1-8-9-10-11-12-13-14-15-16-17-20-28-36-43-50-57-73(78)90-69(61-84-71(76)55-48-41-34-27-21-18-19-24-31-38-45-52-65(2)3)63-88-92(80,81)86-59-68(75)60-87-93(82,83)89-64-70(91-74(79)58-51-44-37-30-23-26-33-40-47-54-67(6)7)62-85-72(77)56-49-42-35-29-22-25-32-39-46-53-66(4)5/h65-70,75H,8-64H2,1-7H3,(H,80,81)(H,82,83)/t68-,69-,70-/m1/s1. The van der Waals surface area contributed by atoms with E-state index in [1.54, 1.807) is 0 Å². The van der Waals surface area contributed by atoms with Crippen LogP contribution in [0.15, 0.2) is 0 Å². The summed E-state index contributed by atoms with van der Waals surface area (Å²) in [6.07, 6.45) is 49.9. The highest BCUT2D eigenvalue weighted by molar-refractivity contribution is 7.47. The molecule has 0 heterocycles. The van der Waals surface area contributed by atoms with E-state index in [0.717, 1.165) is 108 Å². The molecule has 0 aromatic rings. The van der Waals surface area contributed by atoms with Gasteiger partial charge in [-0.1, -0.05) is 325 Å². The number of rotatable bonds is 72. The minimum Gasteiger partial charge on any atom is -0.462 e. The molecule has 0 aliphatic carbocycles. The van der Waals surface area contributed by atoms with E-state index in [1.807, 2.05) is 0 Å². The van der Waals surface area contributed by atoms with Crippen LogP contribution in [0.1, 0.15) is 376 Å². The van der Waals surface area contributed by atoms with Crippen LogP contribution in [0.3, 0.4) is 0 Å². The molecule has 0 aromatic heterocycles. The zero-order valence-corrected chi connectivity index (χ0v) is 62.5. The molecule has 552 valence electrons. The van der Waals surface area contributed by atoms with E-state index in [9.17, 15) is 43.2 Å². The van der Waals surface area contributed by atoms with Crippen LogP contribution in [0, 0.1) is 17.8 Å². The van der Waals surface area contributed by atoms with Crippen LogP contribution in [0.5, 0.6) is 0 Å². The first-order chi connectivity index (χ1) is 44.7. The van der Waals surface area contributed by atoms with Gasteiger partial charge in [-0.25, -0.2) is 9.13 Å². The number of unbranched alkanes of at least 4 members (excludes halogenated alkanes) is 40. The molecule has 0 aliphatic heterocycles. The summed E-state index contributed by atoms with van der Waals surface area (Å²) in [5.41, 5.74) is 0. The van der Waals surface area contributed by atoms with Crippen LogP contribution in [0.4, 0.5) is 0 Å². The molecule has 0 amide bonds. The summed E-state index contributed by atoms with van der Waals surface area (Å²) in [5, 5.41) is 10.6. The second-order valence-electron chi connectivity index (χ2n) is 28.1. The fourth-order valence-corrected chi connectivity index (χ4v) is 12.8. The maximum absolute atomic E-state index is 13.1. The minimum atomic E-state index is -4.96. The van der Waals surface area contributed by atoms with Crippen molar-refractivity contribution >= 4 is 39.5 Å². The Kier molecular flexibility index (Phi) is 63.4. The zero-order valence-electron chi connectivity index (χ0n) is 60.7. The van der Waals surface area contributed by atoms with E-state index < -0.39 is 97.5 Å². The lowest BCUT2D eigenvalue weighted by Crippen LogP contribution is -2.30.